The molecule has 1 nitrogen and oxygen atoms in total. The van der Waals surface area contributed by atoms with E-state index in [2.05, 4.69) is 35.7 Å². The third-order valence-electron chi connectivity index (χ3n) is 3.06. The van der Waals surface area contributed by atoms with Gasteiger partial charge in [-0.3, -0.25) is 0 Å². The SMILES string of the molecule is C1=C2NCCCC2c2ccccc21. The fraction of sp³-hybridized carbons (Fsp3) is 0.333. The van der Waals surface area contributed by atoms with Gasteiger partial charge in [-0.2, -0.15) is 0 Å². The van der Waals surface area contributed by atoms with Crippen LogP contribution in [0.25, 0.3) is 6.08 Å². The van der Waals surface area contributed by atoms with Crippen molar-refractivity contribution in [2.24, 2.45) is 0 Å². The van der Waals surface area contributed by atoms with Crippen LogP contribution in [0.2, 0.25) is 0 Å². The number of nitrogens with one attached hydrogen (secondary N) is 1. The van der Waals surface area contributed by atoms with E-state index in [4.69, 9.17) is 0 Å². The van der Waals surface area contributed by atoms with Crippen molar-refractivity contribution in [2.45, 2.75) is 18.8 Å². The van der Waals surface area contributed by atoms with E-state index in [-0.39, 0.29) is 0 Å². The van der Waals surface area contributed by atoms with Gasteiger partial charge in [0.2, 0.25) is 0 Å². The van der Waals surface area contributed by atoms with Gasteiger partial charge in [-0.15, -0.1) is 0 Å². The highest BCUT2D eigenvalue weighted by molar-refractivity contribution is 5.66. The molecule has 2 aliphatic rings. The number of hydrogen-bond donors (Lipinski definition) is 1. The number of fused-ring (bicyclic) bond motifs is 3. The highest BCUT2D eigenvalue weighted by atomic mass is 14.9. The number of piperidine rings is 1. The van der Waals surface area contributed by atoms with E-state index in [1.807, 2.05) is 0 Å². The molecule has 0 bridgehead atoms. The monoisotopic (exact) mass is 171 g/mol. The summed E-state index contributed by atoms with van der Waals surface area (Å²) in [5.74, 6) is 0.671. The van der Waals surface area contributed by atoms with Crippen LogP contribution in [0.1, 0.15) is 29.9 Å². The van der Waals surface area contributed by atoms with Crippen molar-refractivity contribution in [1.29, 1.82) is 0 Å². The molecule has 0 spiro atoms. The molecule has 1 heterocycles. The molecule has 1 aromatic rings. The van der Waals surface area contributed by atoms with Crippen LogP contribution < -0.4 is 5.32 Å². The van der Waals surface area contributed by atoms with Gasteiger partial charge in [0, 0.05) is 18.2 Å². The lowest BCUT2D eigenvalue weighted by molar-refractivity contribution is 0.540. The van der Waals surface area contributed by atoms with Gasteiger partial charge in [0.25, 0.3) is 0 Å². The first kappa shape index (κ1) is 7.19. The molecule has 1 heteroatoms. The van der Waals surface area contributed by atoms with Gasteiger partial charge in [-0.05, 0) is 30.0 Å². The molecule has 0 radical (unpaired) electrons. The summed E-state index contributed by atoms with van der Waals surface area (Å²) < 4.78 is 0. The Morgan fingerprint density at radius 3 is 3.15 bits per heavy atom. The fourth-order valence-electron chi connectivity index (χ4n) is 2.42. The Hall–Kier alpha value is -1.24. The molecule has 13 heavy (non-hydrogen) atoms. The molecular formula is C12H13N. The second kappa shape index (κ2) is 2.63. The molecule has 1 atom stereocenters. The molecule has 1 aliphatic heterocycles. The summed E-state index contributed by atoms with van der Waals surface area (Å²) in [7, 11) is 0. The summed E-state index contributed by atoms with van der Waals surface area (Å²) in [6, 6.07) is 8.73. The zero-order chi connectivity index (χ0) is 8.67. The minimum Gasteiger partial charge on any atom is -0.388 e. The lowest BCUT2D eigenvalue weighted by Gasteiger charge is -2.23. The maximum Gasteiger partial charge on any atom is 0.0244 e. The molecule has 0 aromatic heterocycles. The van der Waals surface area contributed by atoms with Gasteiger partial charge in [-0.25, -0.2) is 0 Å². The van der Waals surface area contributed by atoms with Gasteiger partial charge in [-0.1, -0.05) is 24.3 Å². The van der Waals surface area contributed by atoms with Crippen molar-refractivity contribution in [1.82, 2.24) is 5.32 Å². The predicted molar refractivity (Wildman–Crippen MR) is 54.4 cm³/mol. The molecule has 1 saturated heterocycles. The molecule has 3 rings (SSSR count). The molecule has 1 N–H and O–H groups in total. The Balaban J connectivity index is 2.09. The van der Waals surface area contributed by atoms with Crippen LogP contribution in [0.3, 0.4) is 0 Å². The second-order valence-electron chi connectivity index (χ2n) is 3.85. The Bertz CT molecular complexity index is 365. The van der Waals surface area contributed by atoms with Crippen molar-refractivity contribution in [3.8, 4) is 0 Å². The van der Waals surface area contributed by atoms with E-state index < -0.39 is 0 Å². The first-order valence-corrected chi connectivity index (χ1v) is 4.99. The Labute approximate surface area is 78.5 Å². The summed E-state index contributed by atoms with van der Waals surface area (Å²) in [6.07, 6.45) is 4.92. The van der Waals surface area contributed by atoms with Gasteiger partial charge in [0.1, 0.15) is 0 Å². The van der Waals surface area contributed by atoms with Gasteiger partial charge in [0.15, 0.2) is 0 Å². The topological polar surface area (TPSA) is 12.0 Å². The highest BCUT2D eigenvalue weighted by Crippen LogP contribution is 2.39. The maximum atomic E-state index is 3.49. The fourth-order valence-corrected chi connectivity index (χ4v) is 2.42. The minimum absolute atomic E-state index is 0.671. The average molecular weight is 171 g/mol. The molecule has 1 unspecified atom stereocenters. The van der Waals surface area contributed by atoms with E-state index in [0.717, 1.165) is 6.54 Å². The van der Waals surface area contributed by atoms with Crippen LogP contribution in [-0.4, -0.2) is 6.54 Å². The predicted octanol–water partition coefficient (Wildman–Crippen LogP) is 2.51. The second-order valence-corrected chi connectivity index (χ2v) is 3.85. The summed E-state index contributed by atoms with van der Waals surface area (Å²) in [6.45, 7) is 1.15. The number of hydrogen-bond acceptors (Lipinski definition) is 1. The number of benzene rings is 1. The standard InChI is InChI=1S/C12H13N/c1-2-5-10-9(4-1)8-12-11(10)6-3-7-13-12/h1-2,4-5,8,11,13H,3,6-7H2. The summed E-state index contributed by atoms with van der Waals surface area (Å²) >= 11 is 0. The molecule has 0 saturated carbocycles. The molecule has 1 aliphatic carbocycles. The van der Waals surface area contributed by atoms with Crippen molar-refractivity contribution >= 4 is 6.08 Å². The normalized spacial score (nSPS) is 24.3. The van der Waals surface area contributed by atoms with Crippen LogP contribution in [-0.2, 0) is 0 Å². The highest BCUT2D eigenvalue weighted by Gasteiger charge is 2.26. The van der Waals surface area contributed by atoms with Gasteiger partial charge in [0.05, 0.1) is 0 Å². The summed E-state index contributed by atoms with van der Waals surface area (Å²) in [4.78, 5) is 0. The van der Waals surface area contributed by atoms with Crippen molar-refractivity contribution < 1.29 is 0 Å². The van der Waals surface area contributed by atoms with Gasteiger partial charge < -0.3 is 5.32 Å². The number of rotatable bonds is 0. The van der Waals surface area contributed by atoms with Crippen molar-refractivity contribution in [2.75, 3.05) is 6.54 Å². The van der Waals surface area contributed by atoms with Crippen LogP contribution in [0.15, 0.2) is 30.0 Å². The maximum absolute atomic E-state index is 3.49. The third-order valence-corrected chi connectivity index (χ3v) is 3.06. The zero-order valence-corrected chi connectivity index (χ0v) is 7.59. The first-order chi connectivity index (χ1) is 6.45. The minimum atomic E-state index is 0.671. The lowest BCUT2D eigenvalue weighted by Crippen LogP contribution is -2.23. The van der Waals surface area contributed by atoms with Crippen molar-refractivity contribution in [3.05, 3.63) is 41.1 Å². The van der Waals surface area contributed by atoms with Crippen LogP contribution in [0, 0.1) is 0 Å². The molecular weight excluding hydrogens is 158 g/mol. The lowest BCUT2D eigenvalue weighted by atomic mass is 9.92. The summed E-state index contributed by atoms with van der Waals surface area (Å²) in [5.41, 5.74) is 4.37. The molecule has 1 fully saturated rings. The van der Waals surface area contributed by atoms with Crippen LogP contribution >= 0.6 is 0 Å². The van der Waals surface area contributed by atoms with E-state index in [1.54, 1.807) is 0 Å². The van der Waals surface area contributed by atoms with Crippen LogP contribution in [0.5, 0.6) is 0 Å². The molecule has 1 aromatic carbocycles. The Kier molecular flexibility index (Phi) is 1.45. The number of allylic oxidation sites excluding steroid dienone is 1. The zero-order valence-electron chi connectivity index (χ0n) is 7.59. The van der Waals surface area contributed by atoms with E-state index in [0.29, 0.717) is 5.92 Å². The quantitative estimate of drug-likeness (QED) is 0.632. The summed E-state index contributed by atoms with van der Waals surface area (Å²) in [5, 5.41) is 3.49. The molecule has 66 valence electrons. The van der Waals surface area contributed by atoms with Crippen LogP contribution in [0.4, 0.5) is 0 Å². The largest absolute Gasteiger partial charge is 0.388 e. The average Bonchev–Trinajstić information content (AvgIpc) is 2.56. The molecule has 0 amide bonds. The Morgan fingerprint density at radius 1 is 1.23 bits per heavy atom. The van der Waals surface area contributed by atoms with E-state index in [1.165, 1.54) is 29.7 Å². The third kappa shape index (κ3) is 0.998. The smallest absolute Gasteiger partial charge is 0.0244 e. The van der Waals surface area contributed by atoms with Gasteiger partial charge >= 0.3 is 0 Å². The van der Waals surface area contributed by atoms with E-state index >= 15 is 0 Å². The first-order valence-electron chi connectivity index (χ1n) is 4.99. The van der Waals surface area contributed by atoms with E-state index in [9.17, 15) is 0 Å². The van der Waals surface area contributed by atoms with Crippen molar-refractivity contribution in [3.63, 3.8) is 0 Å². The Morgan fingerprint density at radius 2 is 2.15 bits per heavy atom.